The van der Waals surface area contributed by atoms with Gasteiger partial charge in [0.2, 0.25) is 0 Å². The number of nitrogens with zero attached hydrogens (tertiary/aromatic N) is 2. The number of H-pyrrole nitrogens is 1. The van der Waals surface area contributed by atoms with Gasteiger partial charge in [0.1, 0.15) is 0 Å². The quantitative estimate of drug-likeness (QED) is 0.224. The van der Waals surface area contributed by atoms with Crippen molar-refractivity contribution in [3.8, 4) is 5.88 Å². The lowest BCUT2D eigenvalue weighted by Crippen LogP contribution is -2.33. The number of rotatable bonds is 9. The highest BCUT2D eigenvalue weighted by molar-refractivity contribution is 6.22. The summed E-state index contributed by atoms with van der Waals surface area (Å²) in [6.45, 7) is 7.43. The molecular formula is C32H36N4O2. The van der Waals surface area contributed by atoms with Crippen LogP contribution in [0.4, 0.5) is 5.69 Å². The molecule has 3 N–H and O–H groups in total. The van der Waals surface area contributed by atoms with Crippen LogP contribution in [0, 0.1) is 0 Å². The summed E-state index contributed by atoms with van der Waals surface area (Å²) in [5.74, 6) is -0.0759. The molecule has 196 valence electrons. The van der Waals surface area contributed by atoms with Crippen LogP contribution in [0.1, 0.15) is 66.6 Å². The number of likely N-dealkylation sites (tertiary alicyclic amines) is 1. The highest BCUT2D eigenvalue weighted by atomic mass is 16.3. The molecule has 6 nitrogen and oxygen atoms in total. The molecule has 0 aliphatic carbocycles. The molecule has 0 unspecified atom stereocenters. The van der Waals surface area contributed by atoms with Crippen molar-refractivity contribution in [3.05, 3.63) is 95.1 Å². The number of fused-ring (bicyclic) bond motifs is 1. The van der Waals surface area contributed by atoms with Crippen LogP contribution in [0.25, 0.3) is 10.9 Å². The third kappa shape index (κ3) is 5.65. The number of hydrogen-bond acceptors (Lipinski definition) is 4. The summed E-state index contributed by atoms with van der Waals surface area (Å²) in [6.07, 6.45) is 4.32. The van der Waals surface area contributed by atoms with Gasteiger partial charge in [-0.25, -0.2) is 4.99 Å². The Morgan fingerprint density at radius 2 is 1.68 bits per heavy atom. The Hall–Kier alpha value is -3.90. The summed E-state index contributed by atoms with van der Waals surface area (Å²) >= 11 is 0. The summed E-state index contributed by atoms with van der Waals surface area (Å²) in [6, 6.07) is 23.9. The Morgan fingerprint density at radius 1 is 0.974 bits per heavy atom. The number of carbonyl (C=O) groups excluding carboxylic acids is 1. The predicted molar refractivity (Wildman–Crippen MR) is 154 cm³/mol. The van der Waals surface area contributed by atoms with E-state index in [-0.39, 0.29) is 17.8 Å². The normalized spacial score (nSPS) is 14.4. The number of aromatic hydroxyl groups is 1. The first kappa shape index (κ1) is 25.7. The summed E-state index contributed by atoms with van der Waals surface area (Å²) in [5, 5.41) is 15.0. The summed E-state index contributed by atoms with van der Waals surface area (Å²) < 4.78 is 0. The fraction of sp³-hybridized carbons (Fsp3) is 0.312. The van der Waals surface area contributed by atoms with E-state index >= 15 is 0 Å². The summed E-state index contributed by atoms with van der Waals surface area (Å²) in [7, 11) is 0. The van der Waals surface area contributed by atoms with Gasteiger partial charge in [-0.2, -0.15) is 0 Å². The van der Waals surface area contributed by atoms with Crippen molar-refractivity contribution in [1.82, 2.24) is 15.2 Å². The van der Waals surface area contributed by atoms with Gasteiger partial charge < -0.3 is 15.4 Å². The van der Waals surface area contributed by atoms with Gasteiger partial charge in [0.05, 0.1) is 17.0 Å². The van der Waals surface area contributed by atoms with Crippen LogP contribution in [-0.2, 0) is 6.54 Å². The third-order valence-corrected chi connectivity index (χ3v) is 7.43. The molecular weight excluding hydrogens is 472 g/mol. The van der Waals surface area contributed by atoms with Gasteiger partial charge in [0.25, 0.3) is 5.91 Å². The molecule has 0 atom stereocenters. The molecule has 1 fully saturated rings. The Bertz CT molecular complexity index is 1410. The first-order valence-electron chi connectivity index (χ1n) is 13.7. The van der Waals surface area contributed by atoms with Gasteiger partial charge in [-0.05, 0) is 68.6 Å². The zero-order valence-corrected chi connectivity index (χ0v) is 22.2. The highest BCUT2D eigenvalue weighted by Crippen LogP contribution is 2.32. The van der Waals surface area contributed by atoms with Crippen molar-refractivity contribution in [3.63, 3.8) is 0 Å². The predicted octanol–water partition coefficient (Wildman–Crippen LogP) is 6.56. The Labute approximate surface area is 224 Å². The fourth-order valence-corrected chi connectivity index (χ4v) is 5.19. The van der Waals surface area contributed by atoms with Gasteiger partial charge in [-0.1, -0.05) is 62.4 Å². The molecule has 3 aromatic carbocycles. The number of carbonyl (C=O) groups is 1. The Kier molecular flexibility index (Phi) is 7.89. The molecule has 5 rings (SSSR count). The minimum absolute atomic E-state index is 0.0332. The average Bonchev–Trinajstić information content (AvgIpc) is 3.58. The lowest BCUT2D eigenvalue weighted by molar-refractivity contribution is 0.0935. The van der Waals surface area contributed by atoms with Crippen molar-refractivity contribution in [2.75, 3.05) is 13.1 Å². The van der Waals surface area contributed by atoms with E-state index in [9.17, 15) is 9.90 Å². The van der Waals surface area contributed by atoms with E-state index in [2.05, 4.69) is 41.2 Å². The topological polar surface area (TPSA) is 80.7 Å². The van der Waals surface area contributed by atoms with Crippen LogP contribution in [0.2, 0.25) is 0 Å². The molecule has 1 aliphatic heterocycles. The largest absolute Gasteiger partial charge is 0.494 e. The Balaban J connectivity index is 1.50. The summed E-state index contributed by atoms with van der Waals surface area (Å²) in [5.41, 5.74) is 5.56. The van der Waals surface area contributed by atoms with Crippen LogP contribution in [0.3, 0.4) is 0 Å². The van der Waals surface area contributed by atoms with E-state index in [0.717, 1.165) is 36.0 Å². The molecule has 4 aromatic rings. The van der Waals surface area contributed by atoms with E-state index in [1.54, 1.807) is 6.07 Å². The van der Waals surface area contributed by atoms with Crippen molar-refractivity contribution in [1.29, 1.82) is 0 Å². The molecule has 38 heavy (non-hydrogen) atoms. The molecule has 2 heterocycles. The second-order valence-corrected chi connectivity index (χ2v) is 10.1. The first-order chi connectivity index (χ1) is 18.6. The van der Waals surface area contributed by atoms with Crippen LogP contribution in [-0.4, -0.2) is 45.7 Å². The monoisotopic (exact) mass is 508 g/mol. The van der Waals surface area contributed by atoms with E-state index in [0.29, 0.717) is 22.4 Å². The number of aliphatic imine (C=N–C) groups is 1. The van der Waals surface area contributed by atoms with Gasteiger partial charge in [-0.3, -0.25) is 9.69 Å². The highest BCUT2D eigenvalue weighted by Gasteiger charge is 2.20. The third-order valence-electron chi connectivity index (χ3n) is 7.43. The van der Waals surface area contributed by atoms with Crippen molar-refractivity contribution in [2.45, 2.75) is 52.1 Å². The zero-order valence-electron chi connectivity index (χ0n) is 22.2. The molecule has 0 saturated carbocycles. The molecule has 0 spiro atoms. The zero-order chi connectivity index (χ0) is 26.5. The van der Waals surface area contributed by atoms with Gasteiger partial charge in [0, 0.05) is 34.6 Å². The van der Waals surface area contributed by atoms with Crippen molar-refractivity contribution < 1.29 is 9.90 Å². The van der Waals surface area contributed by atoms with Crippen LogP contribution >= 0.6 is 0 Å². The average molecular weight is 509 g/mol. The van der Waals surface area contributed by atoms with Crippen LogP contribution in [0.15, 0.2) is 77.8 Å². The second-order valence-electron chi connectivity index (χ2n) is 10.1. The number of benzene rings is 3. The second kappa shape index (κ2) is 11.7. The maximum Gasteiger partial charge on any atom is 0.251 e. The standard InChI is InChI=1S/C32H36N4O2/c1-3-25(4-2)34-31(37)24-14-17-27-28(20-24)35-32(38)29(27)30(23-10-6-5-7-11-23)33-26-15-12-22(13-16-26)21-36-18-8-9-19-36/h5-7,10-17,20,25,35,38H,3-4,8-9,18-19,21H2,1-2H3,(H,34,37). The number of aromatic nitrogens is 1. The van der Waals surface area contributed by atoms with Gasteiger partial charge >= 0.3 is 0 Å². The maximum absolute atomic E-state index is 12.8. The van der Waals surface area contributed by atoms with E-state index in [1.807, 2.05) is 54.6 Å². The molecule has 0 radical (unpaired) electrons. The lowest BCUT2D eigenvalue weighted by Gasteiger charge is -2.15. The summed E-state index contributed by atoms with van der Waals surface area (Å²) in [4.78, 5) is 23.4. The maximum atomic E-state index is 12.8. The number of aromatic amines is 1. The number of nitrogens with one attached hydrogen (secondary N) is 2. The van der Waals surface area contributed by atoms with E-state index in [4.69, 9.17) is 4.99 Å². The lowest BCUT2D eigenvalue weighted by atomic mass is 10.00. The van der Waals surface area contributed by atoms with Crippen LogP contribution in [0.5, 0.6) is 5.88 Å². The molecule has 6 heteroatoms. The fourth-order valence-electron chi connectivity index (χ4n) is 5.19. The molecule has 1 saturated heterocycles. The molecule has 1 aromatic heterocycles. The first-order valence-corrected chi connectivity index (χ1v) is 13.7. The van der Waals surface area contributed by atoms with Crippen LogP contribution < -0.4 is 5.32 Å². The molecule has 1 amide bonds. The molecule has 1 aliphatic rings. The SMILES string of the molecule is CCC(CC)NC(=O)c1ccc2c(C(=Nc3ccc(CN4CCCC4)cc3)c3ccccc3)c(O)[nH]c2c1. The minimum atomic E-state index is -0.109. The number of amides is 1. The smallest absolute Gasteiger partial charge is 0.251 e. The minimum Gasteiger partial charge on any atom is -0.494 e. The van der Waals surface area contributed by atoms with E-state index in [1.165, 1.54) is 31.5 Å². The Morgan fingerprint density at radius 3 is 2.37 bits per heavy atom. The molecule has 0 bridgehead atoms. The van der Waals surface area contributed by atoms with Crippen molar-refractivity contribution >= 4 is 28.2 Å². The van der Waals surface area contributed by atoms with Crippen molar-refractivity contribution in [2.24, 2.45) is 4.99 Å². The van der Waals surface area contributed by atoms with E-state index < -0.39 is 0 Å². The number of hydrogen-bond donors (Lipinski definition) is 3. The van der Waals surface area contributed by atoms with Gasteiger partial charge in [0.15, 0.2) is 5.88 Å². The van der Waals surface area contributed by atoms with Gasteiger partial charge in [-0.15, -0.1) is 0 Å².